The van der Waals surface area contributed by atoms with Gasteiger partial charge in [0.15, 0.2) is 0 Å². The minimum atomic E-state index is -0.935. The minimum Gasteiger partial charge on any atom is -0.478 e. The van der Waals surface area contributed by atoms with E-state index in [1.54, 1.807) is 11.8 Å². The lowest BCUT2D eigenvalue weighted by Crippen LogP contribution is -1.92. The SMILES string of the molecule is C=C(C)C(=O)O.C=C(C)C(=O)O.OCCCCCCO.OCCSCCO. The lowest BCUT2D eigenvalue weighted by atomic mass is 10.2. The first-order valence-corrected chi connectivity index (χ1v) is 9.56. The summed E-state index contributed by atoms with van der Waals surface area (Å²) in [6.07, 6.45) is 3.83. The molecule has 0 atom stereocenters. The number of carboxylic acids is 2. The third-order valence-electron chi connectivity index (χ3n) is 2.27. The van der Waals surface area contributed by atoms with Crippen molar-refractivity contribution < 1.29 is 40.2 Å². The highest BCUT2D eigenvalue weighted by atomic mass is 32.2. The van der Waals surface area contributed by atoms with Crippen molar-refractivity contribution in [3.05, 3.63) is 24.3 Å². The van der Waals surface area contributed by atoms with E-state index >= 15 is 0 Å². The number of carbonyl (C=O) groups is 2. The molecular formula is C18H36O8S. The Bertz CT molecular complexity index is 314. The number of aliphatic hydroxyl groups excluding tert-OH is 4. The molecule has 0 rings (SSSR count). The second-order valence-electron chi connectivity index (χ2n) is 5.09. The summed E-state index contributed by atoms with van der Waals surface area (Å²) >= 11 is 1.55. The van der Waals surface area contributed by atoms with Crippen LogP contribution in [0.15, 0.2) is 24.3 Å². The van der Waals surface area contributed by atoms with Crippen LogP contribution in [0.4, 0.5) is 0 Å². The van der Waals surface area contributed by atoms with E-state index in [1.165, 1.54) is 13.8 Å². The number of carboxylic acid groups (broad SMARTS) is 2. The van der Waals surface area contributed by atoms with Crippen LogP contribution >= 0.6 is 11.8 Å². The van der Waals surface area contributed by atoms with Crippen molar-refractivity contribution in [1.29, 1.82) is 0 Å². The molecule has 0 aromatic rings. The maximum Gasteiger partial charge on any atom is 0.330 e. The van der Waals surface area contributed by atoms with E-state index in [4.69, 9.17) is 30.6 Å². The highest BCUT2D eigenvalue weighted by molar-refractivity contribution is 7.99. The predicted molar refractivity (Wildman–Crippen MR) is 109 cm³/mol. The van der Waals surface area contributed by atoms with Crippen LogP contribution in [0.1, 0.15) is 39.5 Å². The van der Waals surface area contributed by atoms with Crippen molar-refractivity contribution in [2.45, 2.75) is 39.5 Å². The topological polar surface area (TPSA) is 156 Å². The molecule has 8 nitrogen and oxygen atoms in total. The Kier molecular flexibility index (Phi) is 36.1. The van der Waals surface area contributed by atoms with Crippen LogP contribution < -0.4 is 0 Å². The zero-order valence-corrected chi connectivity index (χ0v) is 17.2. The summed E-state index contributed by atoms with van der Waals surface area (Å²) in [5.74, 6) is -0.397. The number of aliphatic carboxylic acids is 2. The van der Waals surface area contributed by atoms with Crippen molar-refractivity contribution in [3.63, 3.8) is 0 Å². The predicted octanol–water partition coefficient (Wildman–Crippen LogP) is 1.53. The normalized spacial score (nSPS) is 8.67. The fourth-order valence-corrected chi connectivity index (χ4v) is 1.27. The Balaban J connectivity index is -0.000000132. The molecule has 0 aliphatic heterocycles. The zero-order valence-electron chi connectivity index (χ0n) is 16.4. The van der Waals surface area contributed by atoms with E-state index in [-0.39, 0.29) is 37.6 Å². The third-order valence-corrected chi connectivity index (χ3v) is 3.21. The first-order chi connectivity index (χ1) is 12.6. The quantitative estimate of drug-likeness (QED) is 0.219. The molecule has 0 fully saturated rings. The average molecular weight is 413 g/mol. The number of aliphatic hydroxyl groups is 4. The Morgan fingerprint density at radius 1 is 0.667 bits per heavy atom. The van der Waals surface area contributed by atoms with Crippen LogP contribution in [0.2, 0.25) is 0 Å². The van der Waals surface area contributed by atoms with Gasteiger partial charge in [0.25, 0.3) is 0 Å². The lowest BCUT2D eigenvalue weighted by molar-refractivity contribution is -0.133. The highest BCUT2D eigenvalue weighted by Crippen LogP contribution is 1.96. The smallest absolute Gasteiger partial charge is 0.330 e. The first-order valence-electron chi connectivity index (χ1n) is 8.40. The molecule has 0 spiro atoms. The van der Waals surface area contributed by atoms with Crippen molar-refractivity contribution in [2.24, 2.45) is 0 Å². The molecule has 9 heteroatoms. The molecule has 0 unspecified atom stereocenters. The van der Waals surface area contributed by atoms with Gasteiger partial charge in [0.1, 0.15) is 0 Å². The number of unbranched alkanes of at least 4 members (excludes halogenated alkanes) is 3. The van der Waals surface area contributed by atoms with Gasteiger partial charge in [-0.15, -0.1) is 0 Å². The van der Waals surface area contributed by atoms with Crippen LogP contribution in [0, 0.1) is 0 Å². The Morgan fingerprint density at radius 3 is 1.07 bits per heavy atom. The van der Waals surface area contributed by atoms with Crippen LogP contribution in [-0.2, 0) is 9.59 Å². The largest absolute Gasteiger partial charge is 0.478 e. The molecule has 0 aliphatic carbocycles. The van der Waals surface area contributed by atoms with Crippen LogP contribution in [0.3, 0.4) is 0 Å². The van der Waals surface area contributed by atoms with Crippen molar-refractivity contribution in [3.8, 4) is 0 Å². The molecule has 0 saturated carbocycles. The van der Waals surface area contributed by atoms with Gasteiger partial charge in [-0.3, -0.25) is 0 Å². The second-order valence-corrected chi connectivity index (χ2v) is 6.32. The first kappa shape index (κ1) is 33.2. The summed E-state index contributed by atoms with van der Waals surface area (Å²) in [5, 5.41) is 48.8. The lowest BCUT2D eigenvalue weighted by Gasteiger charge is -1.93. The maximum atomic E-state index is 9.60. The van der Waals surface area contributed by atoms with Gasteiger partial charge in [0.2, 0.25) is 0 Å². The Morgan fingerprint density at radius 2 is 0.926 bits per heavy atom. The van der Waals surface area contributed by atoms with Crippen LogP contribution in [0.5, 0.6) is 0 Å². The molecule has 0 aliphatic rings. The van der Waals surface area contributed by atoms with E-state index < -0.39 is 11.9 Å². The molecule has 0 aromatic heterocycles. The van der Waals surface area contributed by atoms with Gasteiger partial charge in [-0.2, -0.15) is 11.8 Å². The van der Waals surface area contributed by atoms with E-state index in [0.717, 1.165) is 37.2 Å². The van der Waals surface area contributed by atoms with E-state index in [9.17, 15) is 9.59 Å². The van der Waals surface area contributed by atoms with E-state index in [1.807, 2.05) is 0 Å². The summed E-state index contributed by atoms with van der Waals surface area (Å²) in [5.41, 5.74) is 0.352. The minimum absolute atomic E-state index is 0.176. The van der Waals surface area contributed by atoms with Crippen molar-refractivity contribution in [2.75, 3.05) is 37.9 Å². The Labute approximate surface area is 166 Å². The molecule has 0 heterocycles. The van der Waals surface area contributed by atoms with Gasteiger partial charge in [0.05, 0.1) is 13.2 Å². The fraction of sp³-hybridized carbons (Fsp3) is 0.667. The second kappa shape index (κ2) is 29.4. The summed E-state index contributed by atoms with van der Waals surface area (Å²) in [6, 6.07) is 0. The zero-order chi connectivity index (χ0) is 22.1. The van der Waals surface area contributed by atoms with Gasteiger partial charge in [-0.1, -0.05) is 26.0 Å². The third kappa shape index (κ3) is 51.6. The monoisotopic (exact) mass is 412 g/mol. The average Bonchev–Trinajstić information content (AvgIpc) is 2.61. The molecule has 162 valence electrons. The van der Waals surface area contributed by atoms with E-state index in [0.29, 0.717) is 0 Å². The van der Waals surface area contributed by atoms with Gasteiger partial charge >= 0.3 is 11.9 Å². The number of hydrogen-bond donors (Lipinski definition) is 6. The highest BCUT2D eigenvalue weighted by Gasteiger charge is 1.90. The van der Waals surface area contributed by atoms with Crippen molar-refractivity contribution in [1.82, 2.24) is 0 Å². The number of thioether (sulfide) groups is 1. The molecule has 0 saturated heterocycles. The standard InChI is InChI=1S/C6H14O2.C4H10O2S.2C4H6O2/c7-5-3-1-2-4-6-8;5-1-3-7-4-2-6;2*1-3(2)4(5)6/h7-8H,1-6H2;5-6H,1-4H2;2*1H2,2H3,(H,5,6). The van der Waals surface area contributed by atoms with Gasteiger partial charge in [0, 0.05) is 35.9 Å². The number of hydrogen-bond acceptors (Lipinski definition) is 7. The summed E-state index contributed by atoms with van der Waals surface area (Å²) in [4.78, 5) is 19.2. The van der Waals surface area contributed by atoms with Gasteiger partial charge in [-0.05, 0) is 26.7 Å². The fourth-order valence-electron chi connectivity index (χ4n) is 0.808. The maximum absolute atomic E-state index is 9.60. The molecule has 0 aromatic carbocycles. The summed E-state index contributed by atoms with van der Waals surface area (Å²) in [6.45, 7) is 10.2. The van der Waals surface area contributed by atoms with Gasteiger partial charge < -0.3 is 30.6 Å². The molecule has 0 radical (unpaired) electrons. The summed E-state index contributed by atoms with van der Waals surface area (Å²) in [7, 11) is 0. The Hall–Kier alpha value is -1.39. The summed E-state index contributed by atoms with van der Waals surface area (Å²) < 4.78 is 0. The molecule has 0 amide bonds. The van der Waals surface area contributed by atoms with Crippen LogP contribution in [-0.4, -0.2) is 80.5 Å². The molecule has 27 heavy (non-hydrogen) atoms. The van der Waals surface area contributed by atoms with Crippen molar-refractivity contribution >= 4 is 23.7 Å². The molecule has 6 N–H and O–H groups in total. The van der Waals surface area contributed by atoms with Gasteiger partial charge in [-0.25, -0.2) is 9.59 Å². The molecular weight excluding hydrogens is 376 g/mol. The van der Waals surface area contributed by atoms with Crippen LogP contribution in [0.25, 0.3) is 0 Å². The molecule has 0 bridgehead atoms. The number of rotatable bonds is 11. The van der Waals surface area contributed by atoms with E-state index in [2.05, 4.69) is 13.2 Å².